The Hall–Kier alpha value is -0.890. The fraction of sp³-hybridized carbons (Fsp3) is 0.737. The van der Waals surface area contributed by atoms with E-state index in [1.54, 1.807) is 13.0 Å². The number of ketones is 1. The number of hydrogen-bond donors (Lipinski definition) is 0. The van der Waals surface area contributed by atoms with E-state index in [1.165, 1.54) is 12.8 Å². The topological polar surface area (TPSA) is 26.3 Å². The van der Waals surface area contributed by atoms with Crippen LogP contribution in [0.4, 0.5) is 0 Å². The predicted octanol–water partition coefficient (Wildman–Crippen LogP) is 5.48. The number of carbonyl (C=O) groups is 1. The molecule has 122 valence electrons. The molecule has 0 aromatic rings. The molecule has 0 fully saturated rings. The number of carbonyl (C=O) groups excluding carboxylic acids is 1. The van der Waals surface area contributed by atoms with E-state index in [-0.39, 0.29) is 11.4 Å². The minimum Gasteiger partial charge on any atom is -0.376 e. The van der Waals surface area contributed by atoms with Gasteiger partial charge in [0.2, 0.25) is 0 Å². The predicted molar refractivity (Wildman–Crippen MR) is 91.5 cm³/mol. The van der Waals surface area contributed by atoms with Crippen molar-refractivity contribution in [2.45, 2.75) is 79.2 Å². The van der Waals surface area contributed by atoms with Crippen LogP contribution in [-0.4, -0.2) is 18.0 Å². The van der Waals surface area contributed by atoms with Crippen molar-refractivity contribution in [3.63, 3.8) is 0 Å². The maximum Gasteiger partial charge on any atom is 0.152 e. The summed E-state index contributed by atoms with van der Waals surface area (Å²) in [5, 5.41) is 0. The smallest absolute Gasteiger partial charge is 0.152 e. The summed E-state index contributed by atoms with van der Waals surface area (Å²) >= 11 is 0. The van der Waals surface area contributed by atoms with Crippen molar-refractivity contribution in [1.29, 1.82) is 0 Å². The first-order chi connectivity index (χ1) is 9.83. The standard InChI is InChI=1S/C19H34O2/c1-7-19(6,21-8-2)14-10-13-16(3)11-9-12-17(4)15-18(5)20/h9,12,15-16H,7-8,10-11,13-14H2,1-6H3. The second kappa shape index (κ2) is 10.8. The summed E-state index contributed by atoms with van der Waals surface area (Å²) in [6, 6.07) is 0. The van der Waals surface area contributed by atoms with Gasteiger partial charge in [-0.3, -0.25) is 4.79 Å². The summed E-state index contributed by atoms with van der Waals surface area (Å²) in [4.78, 5) is 10.9. The van der Waals surface area contributed by atoms with Crippen LogP contribution in [0, 0.1) is 5.92 Å². The molecule has 0 amide bonds. The van der Waals surface area contributed by atoms with Gasteiger partial charge in [0.1, 0.15) is 0 Å². The van der Waals surface area contributed by atoms with Gasteiger partial charge >= 0.3 is 0 Å². The molecule has 0 radical (unpaired) electrons. The molecular formula is C19H34O2. The summed E-state index contributed by atoms with van der Waals surface area (Å²) in [5.74, 6) is 0.786. The monoisotopic (exact) mass is 294 g/mol. The summed E-state index contributed by atoms with van der Waals surface area (Å²) in [6.07, 6.45) is 11.6. The highest BCUT2D eigenvalue weighted by Crippen LogP contribution is 2.24. The highest BCUT2D eigenvalue weighted by molar-refractivity contribution is 5.88. The van der Waals surface area contributed by atoms with Crippen LogP contribution in [0.3, 0.4) is 0 Å². The molecule has 0 saturated heterocycles. The van der Waals surface area contributed by atoms with Crippen molar-refractivity contribution in [3.05, 3.63) is 23.8 Å². The second-order valence-electron chi connectivity index (χ2n) is 6.37. The largest absolute Gasteiger partial charge is 0.376 e. The van der Waals surface area contributed by atoms with E-state index in [0.29, 0.717) is 5.92 Å². The zero-order valence-electron chi connectivity index (χ0n) is 14.9. The Labute approximate surface area is 131 Å². The first kappa shape index (κ1) is 20.1. The summed E-state index contributed by atoms with van der Waals surface area (Å²) in [7, 11) is 0. The molecule has 0 rings (SSSR count). The molecule has 0 aromatic carbocycles. The Morgan fingerprint density at radius 3 is 2.48 bits per heavy atom. The van der Waals surface area contributed by atoms with Gasteiger partial charge in [-0.25, -0.2) is 0 Å². The summed E-state index contributed by atoms with van der Waals surface area (Å²) in [6.45, 7) is 13.1. The molecule has 0 bridgehead atoms. The lowest BCUT2D eigenvalue weighted by Crippen LogP contribution is -2.27. The van der Waals surface area contributed by atoms with E-state index in [9.17, 15) is 4.79 Å². The van der Waals surface area contributed by atoms with Crippen molar-refractivity contribution in [3.8, 4) is 0 Å². The first-order valence-electron chi connectivity index (χ1n) is 8.32. The number of ether oxygens (including phenoxy) is 1. The van der Waals surface area contributed by atoms with E-state index in [1.807, 2.05) is 13.0 Å². The van der Waals surface area contributed by atoms with Crippen molar-refractivity contribution in [2.75, 3.05) is 6.61 Å². The Morgan fingerprint density at radius 1 is 1.29 bits per heavy atom. The van der Waals surface area contributed by atoms with Crippen molar-refractivity contribution >= 4 is 5.78 Å². The Kier molecular flexibility index (Phi) is 10.3. The van der Waals surface area contributed by atoms with Crippen molar-refractivity contribution in [1.82, 2.24) is 0 Å². The fourth-order valence-electron chi connectivity index (χ4n) is 2.50. The Morgan fingerprint density at radius 2 is 1.95 bits per heavy atom. The average molecular weight is 294 g/mol. The Balaban J connectivity index is 4.03. The molecule has 0 heterocycles. The van der Waals surface area contributed by atoms with Gasteiger partial charge in [-0.2, -0.15) is 0 Å². The lowest BCUT2D eigenvalue weighted by Gasteiger charge is -2.28. The second-order valence-corrected chi connectivity index (χ2v) is 6.37. The maximum absolute atomic E-state index is 10.9. The molecule has 2 nitrogen and oxygen atoms in total. The van der Waals surface area contributed by atoms with Crippen LogP contribution in [-0.2, 0) is 9.53 Å². The number of allylic oxidation sites excluding steroid dienone is 4. The van der Waals surface area contributed by atoms with Crippen LogP contribution in [0.5, 0.6) is 0 Å². The zero-order chi connectivity index (χ0) is 16.3. The Bertz CT molecular complexity index is 355. The molecule has 2 heteroatoms. The fourth-order valence-corrected chi connectivity index (χ4v) is 2.50. The van der Waals surface area contributed by atoms with E-state index < -0.39 is 0 Å². The van der Waals surface area contributed by atoms with E-state index >= 15 is 0 Å². The van der Waals surface area contributed by atoms with Crippen LogP contribution in [0.1, 0.15) is 73.6 Å². The highest BCUT2D eigenvalue weighted by atomic mass is 16.5. The third-order valence-corrected chi connectivity index (χ3v) is 3.99. The zero-order valence-corrected chi connectivity index (χ0v) is 14.9. The molecule has 0 aliphatic carbocycles. The van der Waals surface area contributed by atoms with Gasteiger partial charge in [-0.15, -0.1) is 0 Å². The SMILES string of the molecule is CCOC(C)(CC)CCCC(C)CC=CC(C)=CC(C)=O. The van der Waals surface area contributed by atoms with Crippen molar-refractivity contribution < 1.29 is 9.53 Å². The van der Waals surface area contributed by atoms with Crippen LogP contribution < -0.4 is 0 Å². The lowest BCUT2D eigenvalue weighted by molar-refractivity contribution is -0.112. The van der Waals surface area contributed by atoms with Gasteiger partial charge in [0.25, 0.3) is 0 Å². The maximum atomic E-state index is 10.9. The number of rotatable bonds is 11. The molecule has 0 spiro atoms. The van der Waals surface area contributed by atoms with Gasteiger partial charge < -0.3 is 4.74 Å². The minimum atomic E-state index is 0.0467. The normalized spacial score (nSPS) is 17.0. The molecule has 0 aliphatic rings. The van der Waals surface area contributed by atoms with Gasteiger partial charge in [0.05, 0.1) is 5.60 Å². The number of hydrogen-bond acceptors (Lipinski definition) is 2. The lowest BCUT2D eigenvalue weighted by atomic mass is 9.92. The van der Waals surface area contributed by atoms with Crippen LogP contribution in [0.15, 0.2) is 23.8 Å². The van der Waals surface area contributed by atoms with E-state index in [4.69, 9.17) is 4.74 Å². The van der Waals surface area contributed by atoms with Crippen LogP contribution in [0.2, 0.25) is 0 Å². The summed E-state index contributed by atoms with van der Waals surface area (Å²) in [5.41, 5.74) is 1.08. The van der Waals surface area contributed by atoms with E-state index in [2.05, 4.69) is 33.8 Å². The average Bonchev–Trinajstić information content (AvgIpc) is 2.38. The molecular weight excluding hydrogens is 260 g/mol. The molecule has 0 saturated carbocycles. The molecule has 0 aliphatic heterocycles. The minimum absolute atomic E-state index is 0.0467. The third-order valence-electron chi connectivity index (χ3n) is 3.99. The molecule has 0 aromatic heterocycles. The first-order valence-corrected chi connectivity index (χ1v) is 8.32. The van der Waals surface area contributed by atoms with Crippen LogP contribution in [0.25, 0.3) is 0 Å². The molecule has 2 unspecified atom stereocenters. The van der Waals surface area contributed by atoms with E-state index in [0.717, 1.165) is 31.4 Å². The van der Waals surface area contributed by atoms with Gasteiger partial charge in [0.15, 0.2) is 5.78 Å². The molecule has 21 heavy (non-hydrogen) atoms. The summed E-state index contributed by atoms with van der Waals surface area (Å²) < 4.78 is 5.86. The third kappa shape index (κ3) is 10.5. The van der Waals surface area contributed by atoms with Gasteiger partial charge in [0, 0.05) is 6.61 Å². The molecule has 0 N–H and O–H groups in total. The quantitative estimate of drug-likeness (QED) is 0.372. The van der Waals surface area contributed by atoms with Crippen molar-refractivity contribution in [2.24, 2.45) is 5.92 Å². The van der Waals surface area contributed by atoms with Gasteiger partial charge in [-0.05, 0) is 64.5 Å². The highest BCUT2D eigenvalue weighted by Gasteiger charge is 2.21. The molecule has 2 atom stereocenters. The van der Waals surface area contributed by atoms with Crippen LogP contribution >= 0.6 is 0 Å². The van der Waals surface area contributed by atoms with Gasteiger partial charge in [-0.1, -0.05) is 38.8 Å².